The van der Waals surface area contributed by atoms with Crippen LogP contribution in [0.5, 0.6) is 5.75 Å². The molecule has 1 N–H and O–H groups in total. The molecule has 4 aromatic rings. The first-order chi connectivity index (χ1) is 14.3. The molecule has 0 atom stereocenters. The molecule has 0 aliphatic carbocycles. The lowest BCUT2D eigenvalue weighted by Crippen LogP contribution is -2.18. The molecular weight excluding hydrogens is 380 g/mol. The fourth-order valence-corrected chi connectivity index (χ4v) is 3.98. The van der Waals surface area contributed by atoms with E-state index in [1.54, 1.807) is 18.9 Å². The maximum Gasteiger partial charge on any atom is 0.214 e. The highest BCUT2D eigenvalue weighted by atomic mass is 32.2. The van der Waals surface area contributed by atoms with E-state index in [4.69, 9.17) is 4.74 Å². The van der Waals surface area contributed by atoms with Crippen molar-refractivity contribution in [3.8, 4) is 28.3 Å². The van der Waals surface area contributed by atoms with E-state index in [1.807, 2.05) is 35.0 Å². The Hall–Kier alpha value is -3.51. The number of hydrogen-bond acceptors (Lipinski definition) is 5. The first-order valence-corrected chi connectivity index (χ1v) is 10.1. The molecule has 142 valence electrons. The van der Waals surface area contributed by atoms with Crippen molar-refractivity contribution in [1.82, 2.24) is 14.9 Å². The van der Waals surface area contributed by atoms with Crippen LogP contribution in [-0.4, -0.2) is 22.0 Å². The second kappa shape index (κ2) is 7.48. The summed E-state index contributed by atoms with van der Waals surface area (Å²) in [5.41, 5.74) is 8.95. The predicted octanol–water partition coefficient (Wildman–Crippen LogP) is 5.27. The van der Waals surface area contributed by atoms with E-state index in [1.165, 1.54) is 11.1 Å². The Balaban J connectivity index is 1.41. The number of thioether (sulfide) groups is 1. The zero-order chi connectivity index (χ0) is 19.6. The van der Waals surface area contributed by atoms with Crippen molar-refractivity contribution in [3.05, 3.63) is 89.8 Å². The van der Waals surface area contributed by atoms with Crippen LogP contribution in [0, 0.1) is 0 Å². The summed E-state index contributed by atoms with van der Waals surface area (Å²) in [6, 6.07) is 26.7. The maximum absolute atomic E-state index is 5.24. The van der Waals surface area contributed by atoms with Gasteiger partial charge in [0.15, 0.2) is 5.82 Å². The second-order valence-corrected chi connectivity index (χ2v) is 7.41. The molecule has 0 amide bonds. The fourth-order valence-electron chi connectivity index (χ4n) is 3.24. The maximum atomic E-state index is 5.24. The van der Waals surface area contributed by atoms with Crippen molar-refractivity contribution in [3.63, 3.8) is 0 Å². The number of methoxy groups -OCH3 is 1. The minimum atomic E-state index is 0.765. The molecule has 0 saturated carbocycles. The molecule has 3 aromatic carbocycles. The molecule has 1 aliphatic rings. The molecule has 5 rings (SSSR count). The van der Waals surface area contributed by atoms with Crippen LogP contribution >= 0.6 is 11.8 Å². The van der Waals surface area contributed by atoms with Crippen LogP contribution in [0.1, 0.15) is 5.56 Å². The number of nitrogens with zero attached hydrogens (tertiary/aromatic N) is 3. The van der Waals surface area contributed by atoms with Gasteiger partial charge in [-0.2, -0.15) is 0 Å². The lowest BCUT2D eigenvalue weighted by atomic mass is 10.0. The summed E-state index contributed by atoms with van der Waals surface area (Å²) in [5, 5.41) is 11.5. The molecule has 1 aliphatic heterocycles. The highest BCUT2D eigenvalue weighted by molar-refractivity contribution is 8.02. The molecule has 6 heteroatoms. The van der Waals surface area contributed by atoms with E-state index < -0.39 is 0 Å². The number of nitrogens with one attached hydrogen (secondary N) is 1. The van der Waals surface area contributed by atoms with Crippen molar-refractivity contribution in [2.45, 2.75) is 5.16 Å². The van der Waals surface area contributed by atoms with E-state index in [0.717, 1.165) is 33.6 Å². The Morgan fingerprint density at radius 3 is 2.14 bits per heavy atom. The van der Waals surface area contributed by atoms with Gasteiger partial charge in [-0.05, 0) is 41.0 Å². The van der Waals surface area contributed by atoms with Gasteiger partial charge in [-0.3, -0.25) is 5.43 Å². The van der Waals surface area contributed by atoms with E-state index in [9.17, 15) is 0 Å². The molecule has 29 heavy (non-hydrogen) atoms. The fraction of sp³-hybridized carbons (Fsp3) is 0.0435. The smallest absolute Gasteiger partial charge is 0.214 e. The molecule has 5 nitrogen and oxygen atoms in total. The van der Waals surface area contributed by atoms with Crippen molar-refractivity contribution >= 4 is 17.5 Å². The van der Waals surface area contributed by atoms with Crippen LogP contribution in [0.25, 0.3) is 28.2 Å². The second-order valence-electron chi connectivity index (χ2n) is 6.57. The van der Waals surface area contributed by atoms with Gasteiger partial charge in [0.1, 0.15) is 5.75 Å². The molecular formula is C23H18N4OS. The van der Waals surface area contributed by atoms with Gasteiger partial charge in [-0.1, -0.05) is 66.4 Å². The van der Waals surface area contributed by atoms with Gasteiger partial charge in [0.05, 0.1) is 12.8 Å². The van der Waals surface area contributed by atoms with Gasteiger partial charge < -0.3 is 4.74 Å². The highest BCUT2D eigenvalue weighted by Gasteiger charge is 2.19. The Kier molecular flexibility index (Phi) is 4.54. The minimum Gasteiger partial charge on any atom is -0.497 e. The van der Waals surface area contributed by atoms with Gasteiger partial charge in [-0.15, -0.1) is 10.2 Å². The topological polar surface area (TPSA) is 52.0 Å². The van der Waals surface area contributed by atoms with Crippen LogP contribution < -0.4 is 10.2 Å². The summed E-state index contributed by atoms with van der Waals surface area (Å²) in [5.74, 6) is 1.58. The van der Waals surface area contributed by atoms with Crippen LogP contribution in [0.15, 0.2) is 89.4 Å². The average Bonchev–Trinajstić information content (AvgIpc) is 3.23. The van der Waals surface area contributed by atoms with Crippen molar-refractivity contribution < 1.29 is 4.74 Å². The third kappa shape index (κ3) is 3.39. The van der Waals surface area contributed by atoms with E-state index in [2.05, 4.69) is 69.6 Å². The first-order valence-electron chi connectivity index (χ1n) is 9.21. The third-order valence-electron chi connectivity index (χ3n) is 4.80. The number of fused-ring (bicyclic) bond motifs is 1. The van der Waals surface area contributed by atoms with Gasteiger partial charge in [0, 0.05) is 11.0 Å². The number of benzene rings is 3. The number of hydrogen-bond donors (Lipinski definition) is 1. The SMILES string of the molecule is COc1ccc(-c2nnc3n2NC(c2ccc(-c4ccccc4)cc2)=CS3)cc1. The summed E-state index contributed by atoms with van der Waals surface area (Å²) in [7, 11) is 1.66. The Morgan fingerprint density at radius 1 is 0.759 bits per heavy atom. The molecule has 0 radical (unpaired) electrons. The zero-order valence-corrected chi connectivity index (χ0v) is 16.6. The number of ether oxygens (including phenoxy) is 1. The van der Waals surface area contributed by atoms with Crippen molar-refractivity contribution in [1.29, 1.82) is 0 Å². The van der Waals surface area contributed by atoms with Gasteiger partial charge in [0.25, 0.3) is 0 Å². The average molecular weight is 398 g/mol. The molecule has 0 unspecified atom stereocenters. The zero-order valence-electron chi connectivity index (χ0n) is 15.7. The van der Waals surface area contributed by atoms with Gasteiger partial charge >= 0.3 is 0 Å². The lowest BCUT2D eigenvalue weighted by molar-refractivity contribution is 0.415. The van der Waals surface area contributed by atoms with Crippen LogP contribution in [0.4, 0.5) is 0 Å². The van der Waals surface area contributed by atoms with Gasteiger partial charge in [0.2, 0.25) is 5.16 Å². The van der Waals surface area contributed by atoms with Crippen molar-refractivity contribution in [2.75, 3.05) is 12.5 Å². The molecule has 1 aromatic heterocycles. The van der Waals surface area contributed by atoms with Crippen molar-refractivity contribution in [2.24, 2.45) is 0 Å². The summed E-state index contributed by atoms with van der Waals surface area (Å²) in [4.78, 5) is 0. The molecule has 2 heterocycles. The first kappa shape index (κ1) is 17.6. The largest absolute Gasteiger partial charge is 0.497 e. The highest BCUT2D eigenvalue weighted by Crippen LogP contribution is 2.32. The third-order valence-corrected chi connectivity index (χ3v) is 5.63. The molecule has 0 spiro atoms. The van der Waals surface area contributed by atoms with Crippen LogP contribution in [0.2, 0.25) is 0 Å². The molecule has 0 fully saturated rings. The van der Waals surface area contributed by atoms with E-state index in [0.29, 0.717) is 0 Å². The Bertz CT molecular complexity index is 1170. The number of aromatic nitrogens is 3. The summed E-state index contributed by atoms with van der Waals surface area (Å²) in [6.07, 6.45) is 0. The van der Waals surface area contributed by atoms with E-state index >= 15 is 0 Å². The summed E-state index contributed by atoms with van der Waals surface area (Å²) >= 11 is 1.56. The van der Waals surface area contributed by atoms with Gasteiger partial charge in [-0.25, -0.2) is 4.68 Å². The lowest BCUT2D eigenvalue weighted by Gasteiger charge is -2.19. The monoisotopic (exact) mass is 398 g/mol. The van der Waals surface area contributed by atoms with Crippen LogP contribution in [-0.2, 0) is 0 Å². The van der Waals surface area contributed by atoms with Crippen LogP contribution in [0.3, 0.4) is 0 Å². The minimum absolute atomic E-state index is 0.765. The standard InChI is InChI=1S/C23H18N4OS/c1-28-20-13-11-19(12-14-20)22-24-25-23-27(22)26-21(15-29-23)18-9-7-17(8-10-18)16-5-3-2-4-6-16/h2-15,26H,1H3. The predicted molar refractivity (Wildman–Crippen MR) is 117 cm³/mol. The molecule has 0 bridgehead atoms. The molecule has 0 saturated heterocycles. The quantitative estimate of drug-likeness (QED) is 0.508. The summed E-state index contributed by atoms with van der Waals surface area (Å²) in [6.45, 7) is 0. The Morgan fingerprint density at radius 2 is 1.41 bits per heavy atom. The Labute approximate surface area is 173 Å². The van der Waals surface area contributed by atoms with E-state index in [-0.39, 0.29) is 0 Å². The normalized spacial score (nSPS) is 12.7. The number of rotatable bonds is 4. The summed E-state index contributed by atoms with van der Waals surface area (Å²) < 4.78 is 7.17.